The van der Waals surface area contributed by atoms with E-state index >= 15 is 0 Å². The Balaban J connectivity index is 1.49. The maximum Gasteiger partial charge on any atom is 0.271 e. The first-order valence-electron chi connectivity index (χ1n) is 9.63. The van der Waals surface area contributed by atoms with Crippen molar-refractivity contribution in [3.05, 3.63) is 77.1 Å². The average molecular weight is 376 g/mol. The van der Waals surface area contributed by atoms with Gasteiger partial charge in [0.1, 0.15) is 17.3 Å². The summed E-state index contributed by atoms with van der Waals surface area (Å²) in [7, 11) is 1.68. The Bertz CT molecular complexity index is 952. The number of carbonyl (C=O) groups is 1. The SMILES string of the molecule is COc1ccccc1C1CNC(=O)c2nc(CCCc3ccccn3)[nH]c2C1. The van der Waals surface area contributed by atoms with Crippen LogP contribution >= 0.6 is 0 Å². The number of aryl methyl sites for hydroxylation is 2. The van der Waals surface area contributed by atoms with E-state index in [2.05, 4.69) is 26.3 Å². The van der Waals surface area contributed by atoms with Gasteiger partial charge in [0, 0.05) is 36.5 Å². The highest BCUT2D eigenvalue weighted by Gasteiger charge is 2.27. The first-order chi connectivity index (χ1) is 13.7. The van der Waals surface area contributed by atoms with E-state index in [1.165, 1.54) is 0 Å². The van der Waals surface area contributed by atoms with E-state index in [0.29, 0.717) is 12.2 Å². The molecule has 0 aliphatic carbocycles. The van der Waals surface area contributed by atoms with Crippen molar-refractivity contribution in [3.63, 3.8) is 0 Å². The smallest absolute Gasteiger partial charge is 0.271 e. The largest absolute Gasteiger partial charge is 0.496 e. The molecule has 0 saturated heterocycles. The molecule has 3 aromatic rings. The topological polar surface area (TPSA) is 79.9 Å². The van der Waals surface area contributed by atoms with Crippen LogP contribution in [0.4, 0.5) is 0 Å². The fraction of sp³-hybridized carbons (Fsp3) is 0.318. The van der Waals surface area contributed by atoms with Gasteiger partial charge in [0.05, 0.1) is 7.11 Å². The number of hydrogen-bond donors (Lipinski definition) is 2. The molecule has 0 fully saturated rings. The maximum atomic E-state index is 12.5. The van der Waals surface area contributed by atoms with Gasteiger partial charge in [-0.25, -0.2) is 4.98 Å². The molecule has 1 aliphatic rings. The van der Waals surface area contributed by atoms with E-state index < -0.39 is 0 Å². The number of carbonyl (C=O) groups excluding carboxylic acids is 1. The first kappa shape index (κ1) is 18.2. The van der Waals surface area contributed by atoms with Gasteiger partial charge in [0.25, 0.3) is 5.91 Å². The van der Waals surface area contributed by atoms with Crippen LogP contribution in [0.5, 0.6) is 5.75 Å². The lowest BCUT2D eigenvalue weighted by Gasteiger charge is -2.17. The summed E-state index contributed by atoms with van der Waals surface area (Å²) in [6.45, 7) is 0.568. The molecular formula is C22H24N4O2. The molecule has 0 spiro atoms. The van der Waals surface area contributed by atoms with E-state index in [0.717, 1.165) is 54.2 Å². The Kier molecular flexibility index (Phi) is 5.37. The van der Waals surface area contributed by atoms with Crippen LogP contribution < -0.4 is 10.1 Å². The van der Waals surface area contributed by atoms with Crippen molar-refractivity contribution >= 4 is 5.91 Å². The van der Waals surface area contributed by atoms with Gasteiger partial charge in [-0.15, -0.1) is 0 Å². The van der Waals surface area contributed by atoms with Crippen LogP contribution in [-0.2, 0) is 19.3 Å². The Morgan fingerprint density at radius 2 is 2.00 bits per heavy atom. The molecule has 6 nitrogen and oxygen atoms in total. The number of benzene rings is 1. The summed E-state index contributed by atoms with van der Waals surface area (Å²) in [5.74, 6) is 1.74. The van der Waals surface area contributed by atoms with Gasteiger partial charge in [0.15, 0.2) is 0 Å². The van der Waals surface area contributed by atoms with Crippen LogP contribution in [0.25, 0.3) is 0 Å². The summed E-state index contributed by atoms with van der Waals surface area (Å²) in [6, 6.07) is 13.9. The normalized spacial score (nSPS) is 16.2. The number of ether oxygens (including phenoxy) is 1. The first-order valence-corrected chi connectivity index (χ1v) is 9.63. The minimum Gasteiger partial charge on any atom is -0.496 e. The quantitative estimate of drug-likeness (QED) is 0.693. The van der Waals surface area contributed by atoms with Gasteiger partial charge in [-0.05, 0) is 43.0 Å². The van der Waals surface area contributed by atoms with E-state index in [1.54, 1.807) is 7.11 Å². The zero-order chi connectivity index (χ0) is 19.3. The molecule has 1 aromatic carbocycles. The van der Waals surface area contributed by atoms with Crippen LogP contribution in [0.15, 0.2) is 48.7 Å². The number of nitrogens with one attached hydrogen (secondary N) is 2. The summed E-state index contributed by atoms with van der Waals surface area (Å²) in [4.78, 5) is 24.8. The van der Waals surface area contributed by atoms with Crippen molar-refractivity contribution in [2.24, 2.45) is 0 Å². The number of hydrogen-bond acceptors (Lipinski definition) is 4. The standard InChI is InChI=1S/C22H24N4O2/c1-28-19-10-3-2-9-17(19)15-13-18-21(22(27)24-14-15)26-20(25-18)11-6-8-16-7-4-5-12-23-16/h2-5,7,9-10,12,15H,6,8,11,13-14H2,1H3,(H,24,27)(H,25,26). The highest BCUT2D eigenvalue weighted by Crippen LogP contribution is 2.30. The summed E-state index contributed by atoms with van der Waals surface area (Å²) >= 11 is 0. The predicted molar refractivity (Wildman–Crippen MR) is 107 cm³/mol. The van der Waals surface area contributed by atoms with Crippen LogP contribution in [0.1, 0.15) is 45.6 Å². The van der Waals surface area contributed by atoms with Gasteiger partial charge in [-0.3, -0.25) is 9.78 Å². The lowest BCUT2D eigenvalue weighted by atomic mass is 9.93. The number of methoxy groups -OCH3 is 1. The van der Waals surface area contributed by atoms with Gasteiger partial charge in [0.2, 0.25) is 0 Å². The van der Waals surface area contributed by atoms with Crippen LogP contribution in [-0.4, -0.2) is 34.5 Å². The molecule has 3 heterocycles. The Morgan fingerprint density at radius 3 is 2.82 bits per heavy atom. The Labute approximate surface area is 164 Å². The highest BCUT2D eigenvalue weighted by atomic mass is 16.5. The second-order valence-corrected chi connectivity index (χ2v) is 7.04. The van der Waals surface area contributed by atoms with Crippen molar-refractivity contribution in [1.29, 1.82) is 0 Å². The van der Waals surface area contributed by atoms with E-state index in [-0.39, 0.29) is 11.8 Å². The summed E-state index contributed by atoms with van der Waals surface area (Å²) in [6.07, 6.45) is 5.15. The zero-order valence-electron chi connectivity index (χ0n) is 15.9. The third-order valence-electron chi connectivity index (χ3n) is 5.15. The monoisotopic (exact) mass is 376 g/mol. The van der Waals surface area contributed by atoms with Gasteiger partial charge in [-0.2, -0.15) is 0 Å². The number of aromatic amines is 1. The number of rotatable bonds is 6. The fourth-order valence-corrected chi connectivity index (χ4v) is 3.74. The molecule has 0 saturated carbocycles. The molecule has 1 amide bonds. The van der Waals surface area contributed by atoms with Crippen LogP contribution in [0.2, 0.25) is 0 Å². The third-order valence-corrected chi connectivity index (χ3v) is 5.15. The molecule has 1 aliphatic heterocycles. The second kappa shape index (κ2) is 8.25. The van der Waals surface area contributed by atoms with Crippen LogP contribution in [0.3, 0.4) is 0 Å². The number of H-pyrrole nitrogens is 1. The molecule has 0 bridgehead atoms. The second-order valence-electron chi connectivity index (χ2n) is 7.04. The van der Waals surface area contributed by atoms with E-state index in [1.807, 2.05) is 42.6 Å². The Morgan fingerprint density at radius 1 is 1.14 bits per heavy atom. The maximum absolute atomic E-state index is 12.5. The average Bonchev–Trinajstić information content (AvgIpc) is 3.07. The number of fused-ring (bicyclic) bond motifs is 1. The van der Waals surface area contributed by atoms with Crippen molar-refractivity contribution in [1.82, 2.24) is 20.3 Å². The zero-order valence-corrected chi connectivity index (χ0v) is 15.9. The highest BCUT2D eigenvalue weighted by molar-refractivity contribution is 5.94. The number of amides is 1. The van der Waals surface area contributed by atoms with Crippen molar-refractivity contribution in [2.45, 2.75) is 31.6 Å². The molecule has 0 radical (unpaired) electrons. The lowest BCUT2D eigenvalue weighted by Crippen LogP contribution is -2.26. The fourth-order valence-electron chi connectivity index (χ4n) is 3.74. The summed E-state index contributed by atoms with van der Waals surface area (Å²) < 4.78 is 5.51. The van der Waals surface area contributed by atoms with E-state index in [4.69, 9.17) is 4.74 Å². The Hall–Kier alpha value is -3.15. The molecular weight excluding hydrogens is 352 g/mol. The summed E-state index contributed by atoms with van der Waals surface area (Å²) in [5, 5.41) is 3.01. The molecule has 2 aromatic heterocycles. The minimum atomic E-state index is -0.111. The van der Waals surface area contributed by atoms with Crippen LogP contribution in [0, 0.1) is 0 Å². The number of nitrogens with zero attached hydrogens (tertiary/aromatic N) is 2. The molecule has 1 unspecified atom stereocenters. The van der Waals surface area contributed by atoms with Gasteiger partial charge < -0.3 is 15.0 Å². The van der Waals surface area contributed by atoms with Gasteiger partial charge >= 0.3 is 0 Å². The molecule has 4 rings (SSSR count). The van der Waals surface area contributed by atoms with E-state index in [9.17, 15) is 4.79 Å². The minimum absolute atomic E-state index is 0.111. The molecule has 1 atom stereocenters. The third kappa shape index (κ3) is 3.91. The molecule has 28 heavy (non-hydrogen) atoms. The molecule has 6 heteroatoms. The molecule has 144 valence electrons. The predicted octanol–water partition coefficient (Wildman–Crippen LogP) is 3.06. The number of imidazole rings is 1. The van der Waals surface area contributed by atoms with Crippen molar-refractivity contribution in [2.75, 3.05) is 13.7 Å². The van der Waals surface area contributed by atoms with Crippen molar-refractivity contribution < 1.29 is 9.53 Å². The number of para-hydroxylation sites is 1. The van der Waals surface area contributed by atoms with Crippen molar-refractivity contribution in [3.8, 4) is 5.75 Å². The molecule has 2 N–H and O–H groups in total. The van der Waals surface area contributed by atoms with Gasteiger partial charge in [-0.1, -0.05) is 24.3 Å². The number of aromatic nitrogens is 3. The number of pyridine rings is 1. The summed E-state index contributed by atoms with van der Waals surface area (Å²) in [5.41, 5.74) is 3.60. The lowest BCUT2D eigenvalue weighted by molar-refractivity contribution is 0.0950.